The highest BCUT2D eigenvalue weighted by Crippen LogP contribution is 2.47. The van der Waals surface area contributed by atoms with E-state index < -0.39 is 0 Å². The van der Waals surface area contributed by atoms with Crippen LogP contribution in [-0.4, -0.2) is 47.0 Å². The van der Waals surface area contributed by atoms with Gasteiger partial charge in [0.1, 0.15) is 0 Å². The standard InChI is InChI=1S/C22H25NO5/c1-24-18-9-13-6-7-23-17(15(13)11-20(18)26-3)8-14-10-19(25-2)21(27-4)12-16(14)22(23)28-5/h8-12,22H,6-7H2,1-5H3. The van der Waals surface area contributed by atoms with E-state index >= 15 is 0 Å². The van der Waals surface area contributed by atoms with Crippen LogP contribution in [-0.2, 0) is 11.2 Å². The van der Waals surface area contributed by atoms with Crippen molar-refractivity contribution in [1.29, 1.82) is 0 Å². The van der Waals surface area contributed by atoms with Crippen LogP contribution in [0.25, 0.3) is 11.8 Å². The van der Waals surface area contributed by atoms with Gasteiger partial charge in [-0.25, -0.2) is 0 Å². The molecule has 0 bridgehead atoms. The van der Waals surface area contributed by atoms with E-state index in [1.54, 1.807) is 35.5 Å². The zero-order valence-electron chi connectivity index (χ0n) is 16.9. The van der Waals surface area contributed by atoms with E-state index in [0.29, 0.717) is 11.5 Å². The van der Waals surface area contributed by atoms with Crippen LogP contribution < -0.4 is 18.9 Å². The van der Waals surface area contributed by atoms with Crippen LogP contribution in [0.2, 0.25) is 0 Å². The highest BCUT2D eigenvalue weighted by molar-refractivity contribution is 5.87. The average Bonchev–Trinajstić information content (AvgIpc) is 2.75. The Balaban J connectivity index is 1.91. The molecule has 6 heteroatoms. The van der Waals surface area contributed by atoms with E-state index in [2.05, 4.69) is 17.0 Å². The Morgan fingerprint density at radius 3 is 2.04 bits per heavy atom. The van der Waals surface area contributed by atoms with Gasteiger partial charge in [0.05, 0.1) is 28.4 Å². The Kier molecular flexibility index (Phi) is 4.81. The quantitative estimate of drug-likeness (QED) is 0.784. The molecule has 28 heavy (non-hydrogen) atoms. The first-order chi connectivity index (χ1) is 13.6. The third kappa shape index (κ3) is 2.76. The van der Waals surface area contributed by atoms with Crippen molar-refractivity contribution in [2.75, 3.05) is 42.1 Å². The molecule has 0 aromatic heterocycles. The lowest BCUT2D eigenvalue weighted by atomic mass is 9.89. The van der Waals surface area contributed by atoms with Crippen molar-refractivity contribution < 1.29 is 23.7 Å². The molecule has 0 saturated carbocycles. The van der Waals surface area contributed by atoms with Gasteiger partial charge in [0.25, 0.3) is 0 Å². The van der Waals surface area contributed by atoms with E-state index in [1.807, 2.05) is 18.2 Å². The maximum Gasteiger partial charge on any atom is 0.161 e. The molecule has 0 fully saturated rings. The Bertz CT molecular complexity index is 937. The predicted octanol–water partition coefficient (Wildman–Crippen LogP) is 3.74. The van der Waals surface area contributed by atoms with Crippen LogP contribution >= 0.6 is 0 Å². The second kappa shape index (κ2) is 7.28. The number of hydrogen-bond donors (Lipinski definition) is 0. The summed E-state index contributed by atoms with van der Waals surface area (Å²) >= 11 is 0. The summed E-state index contributed by atoms with van der Waals surface area (Å²) < 4.78 is 27.9. The van der Waals surface area contributed by atoms with Gasteiger partial charge in [0.15, 0.2) is 29.2 Å². The second-order valence-electron chi connectivity index (χ2n) is 6.76. The summed E-state index contributed by atoms with van der Waals surface area (Å²) in [5.41, 5.74) is 5.59. The lowest BCUT2D eigenvalue weighted by Crippen LogP contribution is -2.36. The Labute approximate surface area is 165 Å². The van der Waals surface area contributed by atoms with E-state index in [4.69, 9.17) is 23.7 Å². The number of rotatable bonds is 5. The molecule has 2 heterocycles. The van der Waals surface area contributed by atoms with Crippen molar-refractivity contribution in [2.24, 2.45) is 0 Å². The molecule has 2 aromatic rings. The van der Waals surface area contributed by atoms with Crippen molar-refractivity contribution in [3.63, 3.8) is 0 Å². The molecule has 6 nitrogen and oxygen atoms in total. The monoisotopic (exact) mass is 383 g/mol. The fraction of sp³-hybridized carbons (Fsp3) is 0.364. The lowest BCUT2D eigenvalue weighted by molar-refractivity contribution is -0.00310. The smallest absolute Gasteiger partial charge is 0.161 e. The summed E-state index contributed by atoms with van der Waals surface area (Å²) in [6.45, 7) is 0.848. The highest BCUT2D eigenvalue weighted by Gasteiger charge is 2.34. The van der Waals surface area contributed by atoms with Crippen LogP contribution in [0.5, 0.6) is 23.0 Å². The van der Waals surface area contributed by atoms with E-state index in [-0.39, 0.29) is 6.23 Å². The molecular weight excluding hydrogens is 358 g/mol. The fourth-order valence-corrected chi connectivity index (χ4v) is 4.11. The van der Waals surface area contributed by atoms with Crippen molar-refractivity contribution in [2.45, 2.75) is 12.6 Å². The molecule has 1 unspecified atom stereocenters. The van der Waals surface area contributed by atoms with Crippen LogP contribution in [0.15, 0.2) is 24.3 Å². The molecule has 2 aromatic carbocycles. The summed E-state index contributed by atoms with van der Waals surface area (Å²) in [6, 6.07) is 8.11. The van der Waals surface area contributed by atoms with Gasteiger partial charge in [-0.05, 0) is 47.9 Å². The minimum absolute atomic E-state index is 0.198. The number of ether oxygens (including phenoxy) is 5. The van der Waals surface area contributed by atoms with Gasteiger partial charge in [-0.1, -0.05) is 0 Å². The topological polar surface area (TPSA) is 49.4 Å². The van der Waals surface area contributed by atoms with Gasteiger partial charge in [-0.15, -0.1) is 0 Å². The maximum absolute atomic E-state index is 5.91. The number of methoxy groups -OCH3 is 5. The van der Waals surface area contributed by atoms with Crippen molar-refractivity contribution in [1.82, 2.24) is 4.90 Å². The summed E-state index contributed by atoms with van der Waals surface area (Å²) in [6.07, 6.45) is 2.88. The molecular formula is C22H25NO5. The Morgan fingerprint density at radius 2 is 1.39 bits per heavy atom. The molecule has 2 aliphatic rings. The highest BCUT2D eigenvalue weighted by atomic mass is 16.5. The largest absolute Gasteiger partial charge is 0.493 e. The molecule has 0 radical (unpaired) electrons. The molecule has 0 aliphatic carbocycles. The average molecular weight is 383 g/mol. The van der Waals surface area contributed by atoms with E-state index in [1.165, 1.54) is 5.56 Å². The third-order valence-electron chi connectivity index (χ3n) is 5.47. The first kappa shape index (κ1) is 18.5. The molecule has 148 valence electrons. The maximum atomic E-state index is 5.91. The van der Waals surface area contributed by atoms with E-state index in [0.717, 1.165) is 46.9 Å². The first-order valence-corrected chi connectivity index (χ1v) is 9.17. The van der Waals surface area contributed by atoms with Gasteiger partial charge < -0.3 is 28.6 Å². The summed E-state index contributed by atoms with van der Waals surface area (Å²) in [7, 11) is 8.35. The molecule has 0 N–H and O–H groups in total. The van der Waals surface area contributed by atoms with Gasteiger partial charge in [0, 0.05) is 30.5 Å². The van der Waals surface area contributed by atoms with Gasteiger partial charge in [0.2, 0.25) is 0 Å². The zero-order valence-corrected chi connectivity index (χ0v) is 16.9. The molecule has 0 saturated heterocycles. The van der Waals surface area contributed by atoms with E-state index in [9.17, 15) is 0 Å². The van der Waals surface area contributed by atoms with Crippen LogP contribution in [0.3, 0.4) is 0 Å². The summed E-state index contributed by atoms with van der Waals surface area (Å²) in [4.78, 5) is 2.28. The van der Waals surface area contributed by atoms with Crippen molar-refractivity contribution in [3.8, 4) is 23.0 Å². The first-order valence-electron chi connectivity index (χ1n) is 9.17. The van der Waals surface area contributed by atoms with Crippen LogP contribution in [0, 0.1) is 0 Å². The number of nitrogens with zero attached hydrogens (tertiary/aromatic N) is 1. The SMILES string of the molecule is COc1cc2c(cc1OC)C(OC)N1CCc3cc(OC)c(OC)cc3C1=C2. The second-order valence-corrected chi connectivity index (χ2v) is 6.76. The minimum atomic E-state index is -0.198. The van der Waals surface area contributed by atoms with Gasteiger partial charge in [-0.2, -0.15) is 0 Å². The fourth-order valence-electron chi connectivity index (χ4n) is 4.11. The normalized spacial score (nSPS) is 17.1. The predicted molar refractivity (Wildman–Crippen MR) is 107 cm³/mol. The lowest BCUT2D eigenvalue weighted by Gasteiger charge is -2.42. The Morgan fingerprint density at radius 1 is 0.786 bits per heavy atom. The van der Waals surface area contributed by atoms with Gasteiger partial charge in [-0.3, -0.25) is 0 Å². The van der Waals surface area contributed by atoms with Gasteiger partial charge >= 0.3 is 0 Å². The molecule has 1 atom stereocenters. The van der Waals surface area contributed by atoms with Crippen molar-refractivity contribution >= 4 is 11.8 Å². The number of hydrogen-bond acceptors (Lipinski definition) is 6. The molecule has 0 amide bonds. The molecule has 0 spiro atoms. The third-order valence-corrected chi connectivity index (χ3v) is 5.47. The summed E-state index contributed by atoms with van der Waals surface area (Å²) in [5.74, 6) is 2.87. The van der Waals surface area contributed by atoms with Crippen LogP contribution in [0.4, 0.5) is 0 Å². The summed E-state index contributed by atoms with van der Waals surface area (Å²) in [5, 5.41) is 0. The van der Waals surface area contributed by atoms with Crippen LogP contribution in [0.1, 0.15) is 28.5 Å². The minimum Gasteiger partial charge on any atom is -0.493 e. The molecule has 2 aliphatic heterocycles. The molecule has 4 rings (SSSR count). The van der Waals surface area contributed by atoms with Crippen molar-refractivity contribution in [3.05, 3.63) is 46.5 Å². The number of fused-ring (bicyclic) bond motifs is 4. The number of benzene rings is 2. The zero-order chi connectivity index (χ0) is 19.8. The Hall–Kier alpha value is -2.86.